The summed E-state index contributed by atoms with van der Waals surface area (Å²) < 4.78 is 48.9. The number of halogens is 4. The molecule has 1 amide bonds. The highest BCUT2D eigenvalue weighted by Crippen LogP contribution is 2.19. The highest BCUT2D eigenvalue weighted by atomic mass is 35.5. The van der Waals surface area contributed by atoms with Gasteiger partial charge in [0.25, 0.3) is 5.91 Å². The van der Waals surface area contributed by atoms with Crippen molar-refractivity contribution in [3.63, 3.8) is 0 Å². The average Bonchev–Trinajstić information content (AvgIpc) is 2.60. The van der Waals surface area contributed by atoms with Crippen LogP contribution in [0.15, 0.2) is 36.4 Å². The number of hydrogen-bond acceptors (Lipinski definition) is 4. The number of carbonyl (C=O) groups excluding carboxylic acids is 2. The lowest BCUT2D eigenvalue weighted by Crippen LogP contribution is -2.24. The van der Waals surface area contributed by atoms with Gasteiger partial charge < -0.3 is 14.8 Å². The lowest BCUT2D eigenvalue weighted by atomic mass is 10.3. The maximum Gasteiger partial charge on any atom is 0.344 e. The second kappa shape index (κ2) is 8.39. The quantitative estimate of drug-likeness (QED) is 0.623. The first-order valence-electron chi connectivity index (χ1n) is 6.84. The number of carbonyl (C=O) groups is 2. The number of hydrogen-bond donors (Lipinski definition) is 1. The Bertz CT molecular complexity index is 784. The van der Waals surface area contributed by atoms with Crippen LogP contribution in [0.3, 0.4) is 0 Å². The summed E-state index contributed by atoms with van der Waals surface area (Å²) in [5, 5.41) is 2.46. The molecule has 0 bridgehead atoms. The molecule has 0 aliphatic rings. The normalized spacial score (nSPS) is 10.2. The largest absolute Gasteiger partial charge is 0.482 e. The van der Waals surface area contributed by atoms with E-state index in [1.54, 1.807) is 12.1 Å². The summed E-state index contributed by atoms with van der Waals surface area (Å²) in [6, 6.07) is 7.69. The molecule has 2 aromatic rings. The Balaban J connectivity index is 1.78. The van der Waals surface area contributed by atoms with Gasteiger partial charge in [0.15, 0.2) is 30.7 Å². The summed E-state index contributed by atoms with van der Waals surface area (Å²) in [5.41, 5.74) is -0.572. The third kappa shape index (κ3) is 5.39. The minimum atomic E-state index is -1.72. The third-order valence-electron chi connectivity index (χ3n) is 2.84. The molecule has 0 aliphatic carbocycles. The third-order valence-corrected chi connectivity index (χ3v) is 3.10. The molecule has 0 spiro atoms. The standard InChI is InChI=1S/C16H11ClF3NO4/c17-9-1-3-10(4-2-9)24-8-14(23)25-7-13(22)21-12-6-5-11(18)15(19)16(12)20/h1-6H,7-8H2,(H,21,22). The van der Waals surface area contributed by atoms with Crippen LogP contribution in [0.2, 0.25) is 5.02 Å². The van der Waals surface area contributed by atoms with E-state index in [0.29, 0.717) is 16.8 Å². The van der Waals surface area contributed by atoms with Crippen LogP contribution in [0.25, 0.3) is 0 Å². The number of nitrogens with one attached hydrogen (secondary N) is 1. The van der Waals surface area contributed by atoms with Gasteiger partial charge in [-0.3, -0.25) is 4.79 Å². The lowest BCUT2D eigenvalue weighted by molar-refractivity contribution is -0.149. The molecular weight excluding hydrogens is 363 g/mol. The Morgan fingerprint density at radius 3 is 2.32 bits per heavy atom. The minimum Gasteiger partial charge on any atom is -0.482 e. The second-order valence-corrected chi connectivity index (χ2v) is 5.11. The Morgan fingerprint density at radius 1 is 0.960 bits per heavy atom. The molecule has 132 valence electrons. The summed E-state index contributed by atoms with van der Waals surface area (Å²) in [4.78, 5) is 23.0. The predicted molar refractivity (Wildman–Crippen MR) is 82.9 cm³/mol. The van der Waals surface area contributed by atoms with Crippen molar-refractivity contribution < 1.29 is 32.2 Å². The molecule has 0 saturated heterocycles. The zero-order valence-corrected chi connectivity index (χ0v) is 13.3. The van der Waals surface area contributed by atoms with Crippen molar-refractivity contribution in [1.82, 2.24) is 0 Å². The van der Waals surface area contributed by atoms with Gasteiger partial charge in [0.2, 0.25) is 0 Å². The van der Waals surface area contributed by atoms with Crippen LogP contribution >= 0.6 is 11.6 Å². The Morgan fingerprint density at radius 2 is 1.64 bits per heavy atom. The van der Waals surface area contributed by atoms with Crippen LogP contribution < -0.4 is 10.1 Å². The minimum absolute atomic E-state index is 0.370. The first-order valence-corrected chi connectivity index (χ1v) is 7.22. The molecule has 0 unspecified atom stereocenters. The van der Waals surface area contributed by atoms with Gasteiger partial charge in [-0.25, -0.2) is 18.0 Å². The van der Waals surface area contributed by atoms with Gasteiger partial charge >= 0.3 is 5.97 Å². The molecular formula is C16H11ClF3NO4. The number of anilines is 1. The molecule has 1 N–H and O–H groups in total. The SMILES string of the molecule is O=C(COC(=O)COc1ccc(Cl)cc1)Nc1ccc(F)c(F)c1F. The van der Waals surface area contributed by atoms with E-state index in [1.807, 2.05) is 5.32 Å². The monoisotopic (exact) mass is 373 g/mol. The van der Waals surface area contributed by atoms with Crippen LogP contribution in [0.5, 0.6) is 5.75 Å². The number of esters is 1. The fourth-order valence-electron chi connectivity index (χ4n) is 1.67. The van der Waals surface area contributed by atoms with Crippen molar-refractivity contribution >= 4 is 29.2 Å². The zero-order valence-electron chi connectivity index (χ0n) is 12.5. The summed E-state index contributed by atoms with van der Waals surface area (Å²) in [5.74, 6) is -6.06. The topological polar surface area (TPSA) is 64.6 Å². The zero-order chi connectivity index (χ0) is 18.4. The van der Waals surface area contributed by atoms with E-state index in [1.165, 1.54) is 12.1 Å². The van der Waals surface area contributed by atoms with Crippen LogP contribution in [-0.4, -0.2) is 25.1 Å². The molecule has 0 radical (unpaired) electrons. The maximum atomic E-state index is 13.4. The number of rotatable bonds is 6. The highest BCUT2D eigenvalue weighted by Gasteiger charge is 2.16. The smallest absolute Gasteiger partial charge is 0.344 e. The number of benzene rings is 2. The van der Waals surface area contributed by atoms with Crippen molar-refractivity contribution in [3.8, 4) is 5.75 Å². The summed E-state index contributed by atoms with van der Waals surface area (Å²) in [6.45, 7) is -1.21. The van der Waals surface area contributed by atoms with E-state index in [0.717, 1.165) is 6.07 Å². The van der Waals surface area contributed by atoms with Crippen molar-refractivity contribution in [2.75, 3.05) is 18.5 Å². The van der Waals surface area contributed by atoms with Gasteiger partial charge in [-0.15, -0.1) is 0 Å². The van der Waals surface area contributed by atoms with E-state index < -0.39 is 48.2 Å². The molecule has 5 nitrogen and oxygen atoms in total. The lowest BCUT2D eigenvalue weighted by Gasteiger charge is -2.09. The molecule has 0 aromatic heterocycles. The van der Waals surface area contributed by atoms with E-state index in [9.17, 15) is 22.8 Å². The van der Waals surface area contributed by atoms with Crippen LogP contribution in [0.4, 0.5) is 18.9 Å². The van der Waals surface area contributed by atoms with Gasteiger partial charge in [-0.2, -0.15) is 0 Å². The molecule has 2 rings (SSSR count). The molecule has 0 heterocycles. The van der Waals surface area contributed by atoms with Gasteiger partial charge in [0, 0.05) is 5.02 Å². The maximum absolute atomic E-state index is 13.4. The number of ether oxygens (including phenoxy) is 2. The van der Waals surface area contributed by atoms with Gasteiger partial charge in [-0.05, 0) is 36.4 Å². The highest BCUT2D eigenvalue weighted by molar-refractivity contribution is 6.30. The average molecular weight is 374 g/mol. The summed E-state index contributed by atoms with van der Waals surface area (Å²) in [6.07, 6.45) is 0. The second-order valence-electron chi connectivity index (χ2n) is 4.67. The van der Waals surface area contributed by atoms with E-state index in [4.69, 9.17) is 16.3 Å². The van der Waals surface area contributed by atoms with E-state index in [2.05, 4.69) is 4.74 Å². The fourth-order valence-corrected chi connectivity index (χ4v) is 1.80. The predicted octanol–water partition coefficient (Wildman–Crippen LogP) is 3.32. The fraction of sp³-hybridized carbons (Fsp3) is 0.125. The molecule has 0 fully saturated rings. The first-order chi connectivity index (χ1) is 11.9. The van der Waals surface area contributed by atoms with Gasteiger partial charge in [-0.1, -0.05) is 11.6 Å². The van der Waals surface area contributed by atoms with Crippen molar-refractivity contribution in [1.29, 1.82) is 0 Å². The van der Waals surface area contributed by atoms with Gasteiger partial charge in [0.1, 0.15) is 5.75 Å². The molecule has 0 atom stereocenters. The van der Waals surface area contributed by atoms with E-state index in [-0.39, 0.29) is 0 Å². The molecule has 25 heavy (non-hydrogen) atoms. The number of amides is 1. The Labute approximate surface area is 145 Å². The van der Waals surface area contributed by atoms with E-state index >= 15 is 0 Å². The van der Waals surface area contributed by atoms with Gasteiger partial charge in [0.05, 0.1) is 5.69 Å². The molecule has 2 aromatic carbocycles. The molecule has 0 saturated carbocycles. The van der Waals surface area contributed by atoms with Crippen LogP contribution in [-0.2, 0) is 14.3 Å². The van der Waals surface area contributed by atoms with Crippen LogP contribution in [0, 0.1) is 17.5 Å². The van der Waals surface area contributed by atoms with Crippen molar-refractivity contribution in [2.45, 2.75) is 0 Å². The molecule has 0 aliphatic heterocycles. The Kier molecular flexibility index (Phi) is 6.24. The van der Waals surface area contributed by atoms with Crippen LogP contribution in [0.1, 0.15) is 0 Å². The summed E-state index contributed by atoms with van der Waals surface area (Å²) in [7, 11) is 0. The Hall–Kier alpha value is -2.74. The van der Waals surface area contributed by atoms with Crippen molar-refractivity contribution in [2.24, 2.45) is 0 Å². The van der Waals surface area contributed by atoms with Crippen molar-refractivity contribution in [3.05, 3.63) is 58.9 Å². The molecule has 9 heteroatoms. The summed E-state index contributed by atoms with van der Waals surface area (Å²) >= 11 is 5.69. The first kappa shape index (κ1) is 18.6.